The molecule has 5 heteroatoms. The van der Waals surface area contributed by atoms with Crippen molar-refractivity contribution >= 4 is 38.7 Å². The fraction of sp³-hybridized carbons (Fsp3) is 0.0154. The van der Waals surface area contributed by atoms with Gasteiger partial charge in [0, 0.05) is 44.3 Å². The van der Waals surface area contributed by atoms with Gasteiger partial charge in [-0.05, 0) is 74.7 Å². The summed E-state index contributed by atoms with van der Waals surface area (Å²) in [5.41, 5.74) is 18.2. The average Bonchev–Trinajstić information content (AvgIpc) is 3.74. The number of fused-ring (bicyclic) bond motifs is 12. The largest absolute Gasteiger partial charge is 0.309 e. The van der Waals surface area contributed by atoms with Crippen LogP contribution in [0.5, 0.6) is 0 Å². The molecule has 326 valence electrons. The lowest BCUT2D eigenvalue weighted by Gasteiger charge is -2.46. The highest BCUT2D eigenvalue weighted by molar-refractivity contribution is 6.14. The van der Waals surface area contributed by atoms with Crippen LogP contribution >= 0.6 is 0 Å². The van der Waals surface area contributed by atoms with E-state index in [1.807, 2.05) is 60.7 Å². The van der Waals surface area contributed by atoms with E-state index in [0.29, 0.717) is 17.5 Å². The molecule has 3 heterocycles. The summed E-state index contributed by atoms with van der Waals surface area (Å²) in [6.45, 7) is 0. The summed E-state index contributed by atoms with van der Waals surface area (Å²) in [7, 11) is 0. The molecule has 10 aromatic carbocycles. The first-order valence-electron chi connectivity index (χ1n) is 23.8. The van der Waals surface area contributed by atoms with Crippen molar-refractivity contribution in [3.63, 3.8) is 0 Å². The van der Waals surface area contributed by atoms with Crippen molar-refractivity contribution in [2.24, 2.45) is 0 Å². The summed E-state index contributed by atoms with van der Waals surface area (Å²) < 4.78 is 0. The number of para-hydroxylation sites is 3. The van der Waals surface area contributed by atoms with E-state index < -0.39 is 5.41 Å². The third-order valence-corrected chi connectivity index (χ3v) is 14.3. The van der Waals surface area contributed by atoms with Gasteiger partial charge in [0.2, 0.25) is 0 Å². The van der Waals surface area contributed by atoms with E-state index in [1.54, 1.807) is 0 Å². The number of pyridine rings is 1. The smallest absolute Gasteiger partial charge is 0.164 e. The Hall–Kier alpha value is -9.32. The minimum absolute atomic E-state index is 0.620. The second kappa shape index (κ2) is 15.9. The molecule has 70 heavy (non-hydrogen) atoms. The van der Waals surface area contributed by atoms with E-state index in [0.717, 1.165) is 72.4 Å². The van der Waals surface area contributed by atoms with Crippen LogP contribution in [0, 0.1) is 0 Å². The number of benzene rings is 10. The lowest BCUT2D eigenvalue weighted by Crippen LogP contribution is -2.36. The molecule has 0 unspecified atom stereocenters. The molecule has 0 bridgehead atoms. The maximum Gasteiger partial charge on any atom is 0.164 e. The van der Waals surface area contributed by atoms with Gasteiger partial charge in [-0.15, -0.1) is 0 Å². The first-order chi connectivity index (χ1) is 34.7. The summed E-state index contributed by atoms with van der Waals surface area (Å²) in [6.07, 6.45) is 0. The molecule has 1 aliphatic carbocycles. The highest BCUT2D eigenvalue weighted by Gasteiger charge is 2.52. The van der Waals surface area contributed by atoms with Crippen LogP contribution in [0.1, 0.15) is 22.3 Å². The first kappa shape index (κ1) is 39.8. The Labute approximate surface area is 405 Å². The van der Waals surface area contributed by atoms with Gasteiger partial charge >= 0.3 is 0 Å². The highest BCUT2D eigenvalue weighted by atomic mass is 15.2. The maximum absolute atomic E-state index is 5.44. The molecule has 0 amide bonds. The van der Waals surface area contributed by atoms with Gasteiger partial charge in [-0.2, -0.15) is 0 Å². The summed E-state index contributed by atoms with van der Waals surface area (Å²) in [4.78, 5) is 23.1. The topological polar surface area (TPSA) is 54.8 Å². The van der Waals surface area contributed by atoms with E-state index in [9.17, 15) is 0 Å². The van der Waals surface area contributed by atoms with Crippen LogP contribution in [0.2, 0.25) is 0 Å². The molecule has 2 aliphatic rings. The standard InChI is InChI=1S/C65H41N5/c1-5-20-43(21-6-1)60-53-41-59-57(40-52(53)51-30-15-18-35-58(51)66-60)65(54-32-16-13-28-49(54)50-29-14-17-33-55(50)65)56-34-19-31-48(61(56)70(59)47-26-11-4-12-27-47)42-36-38-46(39-37-42)64-68-62(44-22-7-2-8-23-44)67-63(69-64)45-24-9-3-10-25-45/h1-41H. The van der Waals surface area contributed by atoms with Crippen LogP contribution in [0.25, 0.3) is 89.4 Å². The maximum atomic E-state index is 5.44. The lowest BCUT2D eigenvalue weighted by molar-refractivity contribution is 0.755. The molecule has 1 aliphatic heterocycles. The van der Waals surface area contributed by atoms with Crippen LogP contribution in [-0.4, -0.2) is 19.9 Å². The second-order valence-electron chi connectivity index (χ2n) is 18.1. The summed E-state index contributed by atoms with van der Waals surface area (Å²) >= 11 is 0. The van der Waals surface area contributed by atoms with Crippen molar-refractivity contribution in [2.45, 2.75) is 5.41 Å². The van der Waals surface area contributed by atoms with E-state index in [-0.39, 0.29) is 0 Å². The van der Waals surface area contributed by atoms with Crippen LogP contribution in [0.4, 0.5) is 17.1 Å². The normalized spacial score (nSPS) is 12.9. The summed E-state index contributed by atoms with van der Waals surface area (Å²) in [6, 6.07) is 89.1. The van der Waals surface area contributed by atoms with Gasteiger partial charge in [0.1, 0.15) is 0 Å². The van der Waals surface area contributed by atoms with Gasteiger partial charge in [-0.25, -0.2) is 19.9 Å². The first-order valence-corrected chi connectivity index (χ1v) is 23.8. The summed E-state index contributed by atoms with van der Waals surface area (Å²) in [5, 5.41) is 3.41. The number of rotatable bonds is 6. The van der Waals surface area contributed by atoms with Crippen LogP contribution in [0.3, 0.4) is 0 Å². The Kier molecular flexibility index (Phi) is 9.04. The second-order valence-corrected chi connectivity index (χ2v) is 18.1. The Morgan fingerprint density at radius 2 is 0.771 bits per heavy atom. The molecule has 0 radical (unpaired) electrons. The number of hydrogen-bond donors (Lipinski definition) is 0. The number of hydrogen-bond acceptors (Lipinski definition) is 5. The monoisotopic (exact) mass is 891 g/mol. The molecule has 0 N–H and O–H groups in total. The van der Waals surface area contributed by atoms with Crippen molar-refractivity contribution in [2.75, 3.05) is 4.90 Å². The number of nitrogens with zero attached hydrogens (tertiary/aromatic N) is 5. The van der Waals surface area contributed by atoms with Crippen molar-refractivity contribution in [1.82, 2.24) is 19.9 Å². The molecule has 0 saturated heterocycles. The van der Waals surface area contributed by atoms with Crippen LogP contribution in [0.15, 0.2) is 249 Å². The van der Waals surface area contributed by atoms with Crippen molar-refractivity contribution < 1.29 is 0 Å². The van der Waals surface area contributed by atoms with Crippen LogP contribution in [-0.2, 0) is 5.41 Å². The lowest BCUT2D eigenvalue weighted by atomic mass is 9.63. The van der Waals surface area contributed by atoms with Gasteiger partial charge in [0.05, 0.1) is 28.0 Å². The zero-order valence-corrected chi connectivity index (χ0v) is 37.9. The Morgan fingerprint density at radius 1 is 0.300 bits per heavy atom. The third kappa shape index (κ3) is 6.05. The van der Waals surface area contributed by atoms with Crippen LogP contribution < -0.4 is 4.90 Å². The zero-order valence-electron chi connectivity index (χ0n) is 37.9. The third-order valence-electron chi connectivity index (χ3n) is 14.3. The molecule has 2 aromatic heterocycles. The minimum Gasteiger partial charge on any atom is -0.309 e. The fourth-order valence-electron chi connectivity index (χ4n) is 11.3. The molecular weight excluding hydrogens is 851 g/mol. The van der Waals surface area contributed by atoms with Gasteiger partial charge in [0.25, 0.3) is 0 Å². The highest BCUT2D eigenvalue weighted by Crippen LogP contribution is 2.65. The Morgan fingerprint density at radius 3 is 1.39 bits per heavy atom. The Balaban J connectivity index is 1.05. The SMILES string of the molecule is c1ccc(-c2nc(-c3ccccc3)nc(-c3ccc(-c4cccc5c4N(c4ccccc4)c4cc6c(-c7ccccc7)nc7ccccc7c6cc4C54c5ccccc5-c5ccccc54)cc3)n2)cc1. The molecule has 0 atom stereocenters. The number of anilines is 3. The van der Waals surface area contributed by atoms with Gasteiger partial charge in [-0.1, -0.05) is 218 Å². The van der Waals surface area contributed by atoms with Gasteiger partial charge in [-0.3, -0.25) is 0 Å². The molecule has 14 rings (SSSR count). The quantitative estimate of drug-likeness (QED) is 0.156. The molecule has 1 spiro atoms. The van der Waals surface area contributed by atoms with E-state index >= 15 is 0 Å². The predicted octanol–water partition coefficient (Wildman–Crippen LogP) is 16.1. The minimum atomic E-state index is -0.670. The number of aromatic nitrogens is 4. The van der Waals surface area contributed by atoms with Gasteiger partial charge < -0.3 is 4.90 Å². The fourth-order valence-corrected chi connectivity index (χ4v) is 11.3. The summed E-state index contributed by atoms with van der Waals surface area (Å²) in [5.74, 6) is 1.89. The average molecular weight is 892 g/mol. The van der Waals surface area contributed by atoms with Crippen molar-refractivity contribution in [3.8, 4) is 67.7 Å². The van der Waals surface area contributed by atoms with Crippen molar-refractivity contribution in [3.05, 3.63) is 271 Å². The van der Waals surface area contributed by atoms with E-state index in [2.05, 4.69) is 193 Å². The molecular formula is C65H41N5. The predicted molar refractivity (Wildman–Crippen MR) is 285 cm³/mol. The van der Waals surface area contributed by atoms with Gasteiger partial charge in [0.15, 0.2) is 17.5 Å². The Bertz CT molecular complexity index is 3880. The van der Waals surface area contributed by atoms with E-state index in [4.69, 9.17) is 19.9 Å². The molecule has 0 saturated carbocycles. The molecule has 12 aromatic rings. The molecule has 0 fully saturated rings. The molecule has 5 nitrogen and oxygen atoms in total. The van der Waals surface area contributed by atoms with Crippen molar-refractivity contribution in [1.29, 1.82) is 0 Å². The van der Waals surface area contributed by atoms with E-state index in [1.165, 1.54) is 38.8 Å². The zero-order chi connectivity index (χ0) is 46.2.